The Balaban J connectivity index is 2.18. The van der Waals surface area contributed by atoms with Crippen LogP contribution in [0.25, 0.3) is 0 Å². The quantitative estimate of drug-likeness (QED) is 0.258. The molecule has 0 heterocycles. The van der Waals surface area contributed by atoms with Crippen molar-refractivity contribution in [2.45, 2.75) is 26.2 Å². The lowest BCUT2D eigenvalue weighted by molar-refractivity contribution is -0.386. The van der Waals surface area contributed by atoms with Gasteiger partial charge in [0.1, 0.15) is 0 Å². The predicted octanol–water partition coefficient (Wildman–Crippen LogP) is 5.27. The van der Waals surface area contributed by atoms with Gasteiger partial charge in [-0.3, -0.25) is 15.5 Å². The fourth-order valence-electron chi connectivity index (χ4n) is 2.35. The third-order valence-corrected chi connectivity index (χ3v) is 3.97. The molecule has 0 aromatic heterocycles. The van der Waals surface area contributed by atoms with Gasteiger partial charge in [0.15, 0.2) is 5.75 Å². The summed E-state index contributed by atoms with van der Waals surface area (Å²) in [5.41, 5.74) is 3.94. The van der Waals surface area contributed by atoms with Crippen LogP contribution in [0.2, 0.25) is 5.02 Å². The molecule has 0 spiro atoms. The second-order valence-corrected chi connectivity index (χ2v) is 6.20. The number of anilines is 1. The molecule has 144 valence electrons. The zero-order valence-corrected chi connectivity index (χ0v) is 16.0. The third-order valence-electron chi connectivity index (χ3n) is 3.72. The van der Waals surface area contributed by atoms with Crippen LogP contribution in [0.3, 0.4) is 0 Å². The van der Waals surface area contributed by atoms with Crippen molar-refractivity contribution in [3.63, 3.8) is 0 Å². The summed E-state index contributed by atoms with van der Waals surface area (Å²) in [7, 11) is 1.45. The van der Waals surface area contributed by atoms with Crippen molar-refractivity contribution in [1.29, 1.82) is 0 Å². The van der Waals surface area contributed by atoms with E-state index in [4.69, 9.17) is 21.1 Å². The van der Waals surface area contributed by atoms with Crippen molar-refractivity contribution < 1.29 is 14.4 Å². The lowest BCUT2D eigenvalue weighted by Gasteiger charge is -2.11. The van der Waals surface area contributed by atoms with E-state index in [0.29, 0.717) is 22.9 Å². The Hall–Kier alpha value is -2.80. The number of nitro groups is 1. The number of ether oxygens (including phenoxy) is 2. The Labute approximate surface area is 163 Å². The molecule has 7 nitrogen and oxygen atoms in total. The Kier molecular flexibility index (Phi) is 7.88. The Morgan fingerprint density at radius 2 is 2.00 bits per heavy atom. The first-order valence-corrected chi connectivity index (χ1v) is 8.96. The van der Waals surface area contributed by atoms with Gasteiger partial charge in [-0.2, -0.15) is 5.10 Å². The van der Waals surface area contributed by atoms with Crippen molar-refractivity contribution in [2.24, 2.45) is 5.10 Å². The smallest absolute Gasteiger partial charge is 0.315 e. The van der Waals surface area contributed by atoms with Gasteiger partial charge in [-0.1, -0.05) is 31.4 Å². The molecule has 27 heavy (non-hydrogen) atoms. The van der Waals surface area contributed by atoms with Crippen LogP contribution in [0.1, 0.15) is 31.7 Å². The molecule has 2 aromatic rings. The van der Waals surface area contributed by atoms with Gasteiger partial charge in [-0.25, -0.2) is 0 Å². The maximum absolute atomic E-state index is 11.5. The number of benzene rings is 2. The van der Waals surface area contributed by atoms with Crippen LogP contribution in [-0.4, -0.2) is 24.9 Å². The third kappa shape index (κ3) is 6.14. The first-order valence-electron chi connectivity index (χ1n) is 8.59. The topological polar surface area (TPSA) is 86.0 Å². The highest BCUT2D eigenvalue weighted by molar-refractivity contribution is 6.30. The molecule has 8 heteroatoms. The van der Waals surface area contributed by atoms with Gasteiger partial charge in [-0.15, -0.1) is 0 Å². The van der Waals surface area contributed by atoms with Crippen LogP contribution in [0.15, 0.2) is 41.5 Å². The fraction of sp³-hybridized carbons (Fsp3) is 0.316. The van der Waals surface area contributed by atoms with Crippen LogP contribution in [0, 0.1) is 10.1 Å². The molecule has 0 aliphatic carbocycles. The van der Waals surface area contributed by atoms with E-state index in [1.807, 2.05) is 0 Å². The van der Waals surface area contributed by atoms with Crippen LogP contribution < -0.4 is 14.9 Å². The molecule has 0 radical (unpaired) electrons. The van der Waals surface area contributed by atoms with E-state index in [2.05, 4.69) is 17.5 Å². The number of methoxy groups -OCH3 is 1. The van der Waals surface area contributed by atoms with E-state index in [9.17, 15) is 10.1 Å². The number of hydrogen-bond donors (Lipinski definition) is 1. The number of rotatable bonds is 10. The predicted molar refractivity (Wildman–Crippen MR) is 107 cm³/mol. The first kappa shape index (κ1) is 20.5. The van der Waals surface area contributed by atoms with Gasteiger partial charge in [0.05, 0.1) is 30.5 Å². The molecule has 2 aromatic carbocycles. The van der Waals surface area contributed by atoms with E-state index in [-0.39, 0.29) is 11.4 Å². The van der Waals surface area contributed by atoms with Gasteiger partial charge in [0.25, 0.3) is 0 Å². The van der Waals surface area contributed by atoms with Crippen LogP contribution in [-0.2, 0) is 0 Å². The minimum absolute atomic E-state index is 0.140. The van der Waals surface area contributed by atoms with Crippen molar-refractivity contribution >= 4 is 29.2 Å². The lowest BCUT2D eigenvalue weighted by Crippen LogP contribution is -2.04. The monoisotopic (exact) mass is 391 g/mol. The summed E-state index contributed by atoms with van der Waals surface area (Å²) in [6.45, 7) is 2.48. The lowest BCUT2D eigenvalue weighted by atomic mass is 10.2. The molecule has 1 N–H and O–H groups in total. The molecule has 0 amide bonds. The van der Waals surface area contributed by atoms with Gasteiger partial charge in [-0.05, 0) is 36.8 Å². The van der Waals surface area contributed by atoms with Gasteiger partial charge >= 0.3 is 5.69 Å². The average Bonchev–Trinajstić information content (AvgIpc) is 2.66. The Morgan fingerprint density at radius 3 is 2.63 bits per heavy atom. The maximum atomic E-state index is 11.5. The summed E-state index contributed by atoms with van der Waals surface area (Å²) in [4.78, 5) is 11.0. The number of hydrazone groups is 1. The van der Waals surface area contributed by atoms with Crippen molar-refractivity contribution in [3.8, 4) is 11.5 Å². The highest BCUT2D eigenvalue weighted by Crippen LogP contribution is 2.38. The fourth-order valence-corrected chi connectivity index (χ4v) is 2.47. The van der Waals surface area contributed by atoms with Crippen LogP contribution in [0.5, 0.6) is 11.5 Å². The standard InChI is InChI=1S/C19H22ClN3O4/c1-3-4-5-10-27-19-17(23(24)25)11-14(12-18(19)26-2)13-21-22-16-8-6-15(20)7-9-16/h6-9,11-13,22H,3-5,10H2,1-2H3/b21-13+. The Bertz CT molecular complexity index is 794. The molecule has 0 unspecified atom stereocenters. The second kappa shape index (κ2) is 10.4. The highest BCUT2D eigenvalue weighted by Gasteiger charge is 2.22. The normalized spacial score (nSPS) is 10.8. The summed E-state index contributed by atoms with van der Waals surface area (Å²) in [5, 5.41) is 16.2. The molecule has 0 saturated carbocycles. The zero-order valence-electron chi connectivity index (χ0n) is 15.3. The number of nitrogens with one attached hydrogen (secondary N) is 1. The number of nitrogens with zero attached hydrogens (tertiary/aromatic N) is 2. The zero-order chi connectivity index (χ0) is 19.6. The van der Waals surface area contributed by atoms with E-state index in [1.54, 1.807) is 30.3 Å². The van der Waals surface area contributed by atoms with Crippen LogP contribution in [0.4, 0.5) is 11.4 Å². The summed E-state index contributed by atoms with van der Waals surface area (Å²) < 4.78 is 10.9. The SMILES string of the molecule is CCCCCOc1c(OC)cc(/C=N/Nc2ccc(Cl)cc2)cc1[N+](=O)[O-]. The number of hydrogen-bond acceptors (Lipinski definition) is 6. The first-order chi connectivity index (χ1) is 13.0. The van der Waals surface area contributed by atoms with Gasteiger partial charge < -0.3 is 9.47 Å². The summed E-state index contributed by atoms with van der Waals surface area (Å²) in [6.07, 6.45) is 4.34. The maximum Gasteiger partial charge on any atom is 0.315 e. The van der Waals surface area contributed by atoms with Gasteiger partial charge in [0.2, 0.25) is 5.75 Å². The summed E-state index contributed by atoms with van der Waals surface area (Å²) in [5.74, 6) is 0.440. The largest absolute Gasteiger partial charge is 0.493 e. The molecule has 0 saturated heterocycles. The van der Waals surface area contributed by atoms with Gasteiger partial charge in [0, 0.05) is 16.7 Å². The molecule has 0 aliphatic heterocycles. The number of nitro benzene ring substituents is 1. The molecule has 0 atom stereocenters. The van der Waals surface area contributed by atoms with E-state index in [0.717, 1.165) is 24.9 Å². The molecular formula is C19H22ClN3O4. The average molecular weight is 392 g/mol. The van der Waals surface area contributed by atoms with Crippen molar-refractivity contribution in [3.05, 3.63) is 57.1 Å². The minimum Gasteiger partial charge on any atom is -0.493 e. The molecule has 0 fully saturated rings. The molecule has 2 rings (SSSR count). The minimum atomic E-state index is -0.484. The summed E-state index contributed by atoms with van der Waals surface area (Å²) >= 11 is 5.83. The molecular weight excluding hydrogens is 370 g/mol. The Morgan fingerprint density at radius 1 is 1.26 bits per heavy atom. The number of halogens is 1. The molecule has 0 aliphatic rings. The summed E-state index contributed by atoms with van der Waals surface area (Å²) in [6, 6.07) is 10.1. The molecule has 0 bridgehead atoms. The highest BCUT2D eigenvalue weighted by atomic mass is 35.5. The van der Waals surface area contributed by atoms with Crippen molar-refractivity contribution in [1.82, 2.24) is 0 Å². The van der Waals surface area contributed by atoms with E-state index >= 15 is 0 Å². The van der Waals surface area contributed by atoms with Crippen molar-refractivity contribution in [2.75, 3.05) is 19.1 Å². The van der Waals surface area contributed by atoms with E-state index in [1.165, 1.54) is 19.4 Å². The number of unbranched alkanes of at least 4 members (excludes halogenated alkanes) is 2. The second-order valence-electron chi connectivity index (χ2n) is 5.76. The van der Waals surface area contributed by atoms with Crippen LogP contribution >= 0.6 is 11.6 Å². The van der Waals surface area contributed by atoms with E-state index < -0.39 is 4.92 Å².